The third kappa shape index (κ3) is 5.74. The molecule has 1 atom stereocenters. The molecule has 0 fully saturated rings. The number of anilines is 1. The molecule has 0 saturated carbocycles. The number of thioether (sulfide) groups is 1. The van der Waals surface area contributed by atoms with Crippen LogP contribution >= 0.6 is 23.4 Å². The van der Waals surface area contributed by atoms with E-state index in [1.807, 2.05) is 93.6 Å². The van der Waals surface area contributed by atoms with E-state index >= 15 is 0 Å². The molecule has 0 saturated heterocycles. The van der Waals surface area contributed by atoms with Crippen molar-refractivity contribution in [2.45, 2.75) is 31.0 Å². The second kappa shape index (κ2) is 10.8. The minimum Gasteiger partial charge on any atom is -0.325 e. The van der Waals surface area contributed by atoms with E-state index in [0.29, 0.717) is 26.9 Å². The molecule has 0 aliphatic rings. The molecule has 1 heterocycles. The Morgan fingerprint density at radius 1 is 0.971 bits per heavy atom. The summed E-state index contributed by atoms with van der Waals surface area (Å²) >= 11 is 7.78. The van der Waals surface area contributed by atoms with Crippen molar-refractivity contribution in [2.24, 2.45) is 0 Å². The molecule has 4 aromatic rings. The number of nitrogens with one attached hydrogen (secondary N) is 1. The molecular formula is C29H24ClN3OS. The number of pyridine rings is 1. The Morgan fingerprint density at radius 3 is 2.23 bits per heavy atom. The maximum absolute atomic E-state index is 12.9. The summed E-state index contributed by atoms with van der Waals surface area (Å²) in [5.74, 6) is -0.162. The third-order valence-corrected chi connectivity index (χ3v) is 7.00. The number of hydrogen-bond acceptors (Lipinski definition) is 4. The fourth-order valence-corrected chi connectivity index (χ4v) is 4.74. The van der Waals surface area contributed by atoms with E-state index in [9.17, 15) is 10.1 Å². The van der Waals surface area contributed by atoms with E-state index in [2.05, 4.69) is 11.4 Å². The highest BCUT2D eigenvalue weighted by molar-refractivity contribution is 8.00. The van der Waals surface area contributed by atoms with Crippen LogP contribution in [0.1, 0.15) is 23.6 Å². The van der Waals surface area contributed by atoms with Gasteiger partial charge in [-0.1, -0.05) is 89.1 Å². The van der Waals surface area contributed by atoms with Crippen molar-refractivity contribution in [2.75, 3.05) is 5.32 Å². The van der Waals surface area contributed by atoms with Crippen molar-refractivity contribution in [3.63, 3.8) is 0 Å². The summed E-state index contributed by atoms with van der Waals surface area (Å²) in [5.41, 5.74) is 6.47. The van der Waals surface area contributed by atoms with Crippen molar-refractivity contribution in [3.8, 4) is 28.5 Å². The minimum atomic E-state index is -0.483. The van der Waals surface area contributed by atoms with Crippen LogP contribution in [0.15, 0.2) is 83.9 Å². The number of aromatic nitrogens is 1. The zero-order valence-electron chi connectivity index (χ0n) is 19.7. The van der Waals surface area contributed by atoms with Crippen molar-refractivity contribution in [1.29, 1.82) is 5.26 Å². The number of carbonyl (C=O) groups excluding carboxylic acids is 1. The van der Waals surface area contributed by atoms with Crippen molar-refractivity contribution in [3.05, 3.63) is 101 Å². The largest absolute Gasteiger partial charge is 0.325 e. The SMILES string of the molecule is Cc1ccc(NC(=O)C(C)Sc2nc(-c3ccc(C)cc3)cc(-c3ccccc3Cl)c2C#N)cc1. The molecule has 0 radical (unpaired) electrons. The van der Waals surface area contributed by atoms with Crippen LogP contribution in [0.25, 0.3) is 22.4 Å². The molecule has 0 aliphatic carbocycles. The number of nitriles is 1. The standard InChI is InChI=1S/C29H24ClN3OS/c1-18-8-12-21(13-9-18)27-16-24(23-6-4-5-7-26(23)30)25(17-31)29(33-27)35-20(3)28(34)32-22-14-10-19(2)11-15-22/h4-16,20H,1-3H3,(H,32,34). The van der Waals surface area contributed by atoms with Crippen molar-refractivity contribution < 1.29 is 4.79 Å². The molecule has 6 heteroatoms. The molecule has 0 bridgehead atoms. The molecule has 0 spiro atoms. The summed E-state index contributed by atoms with van der Waals surface area (Å²) in [5, 5.41) is 13.6. The topological polar surface area (TPSA) is 65.8 Å². The highest BCUT2D eigenvalue weighted by atomic mass is 35.5. The Balaban J connectivity index is 1.75. The average Bonchev–Trinajstić information content (AvgIpc) is 2.85. The molecular weight excluding hydrogens is 474 g/mol. The lowest BCUT2D eigenvalue weighted by atomic mass is 9.99. The first-order valence-electron chi connectivity index (χ1n) is 11.2. The summed E-state index contributed by atoms with van der Waals surface area (Å²) in [6, 6.07) is 27.3. The number of benzene rings is 3. The van der Waals surface area contributed by atoms with E-state index in [0.717, 1.165) is 27.9 Å². The molecule has 0 aliphatic heterocycles. The highest BCUT2D eigenvalue weighted by Gasteiger charge is 2.22. The maximum atomic E-state index is 12.9. The van der Waals surface area contributed by atoms with Gasteiger partial charge in [-0.3, -0.25) is 4.79 Å². The molecule has 174 valence electrons. The van der Waals surface area contributed by atoms with Gasteiger partial charge in [0.2, 0.25) is 5.91 Å². The molecule has 4 rings (SSSR count). The number of hydrogen-bond donors (Lipinski definition) is 1. The number of carbonyl (C=O) groups is 1. The minimum absolute atomic E-state index is 0.162. The highest BCUT2D eigenvalue weighted by Crippen LogP contribution is 2.38. The van der Waals surface area contributed by atoms with Gasteiger partial charge in [0.15, 0.2) is 0 Å². The van der Waals surface area contributed by atoms with Gasteiger partial charge < -0.3 is 5.32 Å². The monoisotopic (exact) mass is 497 g/mol. The van der Waals surface area contributed by atoms with Gasteiger partial charge in [-0.25, -0.2) is 4.98 Å². The molecule has 1 N–H and O–H groups in total. The predicted octanol–water partition coefficient (Wildman–Crippen LogP) is 7.68. The quantitative estimate of drug-likeness (QED) is 0.277. The fourth-order valence-electron chi connectivity index (χ4n) is 3.58. The summed E-state index contributed by atoms with van der Waals surface area (Å²) < 4.78 is 0. The normalized spacial score (nSPS) is 11.5. The molecule has 4 nitrogen and oxygen atoms in total. The zero-order chi connectivity index (χ0) is 24.9. The molecule has 1 unspecified atom stereocenters. The predicted molar refractivity (Wildman–Crippen MR) is 145 cm³/mol. The van der Waals surface area contributed by atoms with E-state index in [1.54, 1.807) is 6.07 Å². The Bertz CT molecular complexity index is 1410. The lowest BCUT2D eigenvalue weighted by molar-refractivity contribution is -0.115. The van der Waals surface area contributed by atoms with Crippen LogP contribution in [-0.4, -0.2) is 16.1 Å². The number of rotatable bonds is 6. The first kappa shape index (κ1) is 24.5. The van der Waals surface area contributed by atoms with Crippen molar-refractivity contribution >= 4 is 35.0 Å². The third-order valence-electron chi connectivity index (χ3n) is 5.59. The van der Waals surface area contributed by atoms with Gasteiger partial charge in [0, 0.05) is 27.4 Å². The second-order valence-corrected chi connectivity index (χ2v) is 10.0. The molecule has 3 aromatic carbocycles. The number of aryl methyl sites for hydroxylation is 2. The summed E-state index contributed by atoms with van der Waals surface area (Å²) in [6.45, 7) is 5.84. The van der Waals surface area contributed by atoms with Crippen molar-refractivity contribution in [1.82, 2.24) is 4.98 Å². The summed E-state index contributed by atoms with van der Waals surface area (Å²) in [7, 11) is 0. The van der Waals surface area contributed by atoms with Gasteiger partial charge in [0.05, 0.1) is 16.5 Å². The Kier molecular flexibility index (Phi) is 7.55. The van der Waals surface area contributed by atoms with Crippen LogP contribution in [0.4, 0.5) is 5.69 Å². The Morgan fingerprint density at radius 2 is 1.60 bits per heavy atom. The van der Waals surface area contributed by atoms with Crippen LogP contribution in [0.3, 0.4) is 0 Å². The first-order chi connectivity index (χ1) is 16.9. The number of halogens is 1. The van der Waals surface area contributed by atoms with Crippen LogP contribution in [0.2, 0.25) is 5.02 Å². The Hall–Kier alpha value is -3.59. The number of nitrogens with zero attached hydrogens (tertiary/aromatic N) is 2. The summed E-state index contributed by atoms with van der Waals surface area (Å²) in [4.78, 5) is 17.8. The fraction of sp³-hybridized carbons (Fsp3) is 0.138. The maximum Gasteiger partial charge on any atom is 0.237 e. The van der Waals surface area contributed by atoms with Crippen LogP contribution in [0, 0.1) is 25.2 Å². The van der Waals surface area contributed by atoms with Gasteiger partial charge in [-0.05, 0) is 45.0 Å². The van der Waals surface area contributed by atoms with E-state index in [1.165, 1.54) is 11.8 Å². The van der Waals surface area contributed by atoms with Crippen LogP contribution in [-0.2, 0) is 4.79 Å². The van der Waals surface area contributed by atoms with Gasteiger partial charge in [-0.2, -0.15) is 5.26 Å². The smallest absolute Gasteiger partial charge is 0.237 e. The zero-order valence-corrected chi connectivity index (χ0v) is 21.2. The lowest BCUT2D eigenvalue weighted by Gasteiger charge is -2.16. The van der Waals surface area contributed by atoms with Crippen LogP contribution in [0.5, 0.6) is 0 Å². The summed E-state index contributed by atoms with van der Waals surface area (Å²) in [6.07, 6.45) is 0. The van der Waals surface area contributed by atoms with Crippen LogP contribution < -0.4 is 5.32 Å². The van der Waals surface area contributed by atoms with Gasteiger partial charge in [0.25, 0.3) is 0 Å². The lowest BCUT2D eigenvalue weighted by Crippen LogP contribution is -2.22. The number of amides is 1. The van der Waals surface area contributed by atoms with Gasteiger partial charge in [0.1, 0.15) is 11.1 Å². The Labute approximate surface area is 215 Å². The van der Waals surface area contributed by atoms with Gasteiger partial charge in [-0.15, -0.1) is 0 Å². The molecule has 1 amide bonds. The molecule has 1 aromatic heterocycles. The van der Waals surface area contributed by atoms with E-state index < -0.39 is 5.25 Å². The van der Waals surface area contributed by atoms with Gasteiger partial charge >= 0.3 is 0 Å². The first-order valence-corrected chi connectivity index (χ1v) is 12.4. The second-order valence-electron chi connectivity index (χ2n) is 8.31. The molecule has 35 heavy (non-hydrogen) atoms. The van der Waals surface area contributed by atoms with E-state index in [4.69, 9.17) is 16.6 Å². The van der Waals surface area contributed by atoms with E-state index in [-0.39, 0.29) is 5.91 Å². The average molecular weight is 498 g/mol.